The topological polar surface area (TPSA) is 105 Å². The second-order valence-corrected chi connectivity index (χ2v) is 11.8. The van der Waals surface area contributed by atoms with Crippen LogP contribution in [0.5, 0.6) is 0 Å². The predicted molar refractivity (Wildman–Crippen MR) is 152 cm³/mol. The van der Waals surface area contributed by atoms with E-state index in [1.807, 2.05) is 39.8 Å². The molecule has 0 aromatic carbocycles. The van der Waals surface area contributed by atoms with E-state index in [9.17, 15) is 8.68 Å². The number of amides is 1. The molecule has 5 rings (SSSR count). The molecule has 2 aliphatic heterocycles. The van der Waals surface area contributed by atoms with E-state index in [0.717, 1.165) is 24.5 Å². The maximum atomic E-state index is 13.8. The number of nitrogens with one attached hydrogen (secondary N) is 1. The summed E-state index contributed by atoms with van der Waals surface area (Å²) in [5, 5.41) is 7.89. The summed E-state index contributed by atoms with van der Waals surface area (Å²) in [4.78, 5) is 32.8. The predicted octanol–water partition coefficient (Wildman–Crippen LogP) is 3.90. The summed E-state index contributed by atoms with van der Waals surface area (Å²) in [6.45, 7) is 15.4. The van der Waals surface area contributed by atoms with Crippen LogP contribution in [-0.2, 0) is 4.74 Å². The SMILES string of the molecule is CC1CN(c2ccc(-c3nn(SF)c4cnc(N5C(C)CNCC5C)nc34)cn2)CCN1C(=O)OC(C)(C)C. The number of halogens is 1. The molecule has 1 N–H and O–H groups in total. The minimum Gasteiger partial charge on any atom is -0.444 e. The van der Waals surface area contributed by atoms with Gasteiger partial charge < -0.3 is 24.8 Å². The molecule has 5 heterocycles. The number of hydrogen-bond donors (Lipinski definition) is 1. The van der Waals surface area contributed by atoms with Crippen LogP contribution in [-0.4, -0.2) is 91.6 Å². The summed E-state index contributed by atoms with van der Waals surface area (Å²) < 4.78 is 20.5. The lowest BCUT2D eigenvalue weighted by Crippen LogP contribution is -2.55. The van der Waals surface area contributed by atoms with Crippen molar-refractivity contribution in [3.05, 3.63) is 24.5 Å². The van der Waals surface area contributed by atoms with Crippen molar-refractivity contribution in [1.29, 1.82) is 0 Å². The van der Waals surface area contributed by atoms with Crippen molar-refractivity contribution in [1.82, 2.24) is 34.4 Å². The highest BCUT2D eigenvalue weighted by molar-refractivity contribution is 7.92. The number of fused-ring (bicyclic) bond motifs is 1. The lowest BCUT2D eigenvalue weighted by Gasteiger charge is -2.40. The first-order chi connectivity index (χ1) is 18.6. The van der Waals surface area contributed by atoms with Crippen LogP contribution in [0.4, 0.5) is 20.4 Å². The monoisotopic (exact) mass is 557 g/mol. The van der Waals surface area contributed by atoms with Crippen molar-refractivity contribution in [2.75, 3.05) is 42.5 Å². The van der Waals surface area contributed by atoms with Crippen molar-refractivity contribution in [3.63, 3.8) is 0 Å². The van der Waals surface area contributed by atoms with Gasteiger partial charge in [0, 0.05) is 62.6 Å². The van der Waals surface area contributed by atoms with Gasteiger partial charge in [0.15, 0.2) is 12.3 Å². The maximum Gasteiger partial charge on any atom is 0.410 e. The Morgan fingerprint density at radius 2 is 1.82 bits per heavy atom. The molecule has 0 saturated carbocycles. The third-order valence-electron chi connectivity index (χ3n) is 7.10. The molecule has 0 bridgehead atoms. The molecule has 3 atom stereocenters. The van der Waals surface area contributed by atoms with E-state index in [4.69, 9.17) is 14.7 Å². The number of pyridine rings is 1. The summed E-state index contributed by atoms with van der Waals surface area (Å²) >= 11 is 0.0190. The Morgan fingerprint density at radius 1 is 1.08 bits per heavy atom. The number of hydrogen-bond acceptors (Lipinski definition) is 10. The van der Waals surface area contributed by atoms with Gasteiger partial charge in [-0.05, 0) is 53.7 Å². The number of aromatic nitrogens is 5. The molecular formula is C26H36FN9O2S. The summed E-state index contributed by atoms with van der Waals surface area (Å²) in [7, 11) is 0. The molecule has 13 heteroatoms. The molecule has 1 amide bonds. The van der Waals surface area contributed by atoms with Crippen LogP contribution < -0.4 is 15.1 Å². The molecule has 3 unspecified atom stereocenters. The van der Waals surface area contributed by atoms with E-state index in [-0.39, 0.29) is 36.6 Å². The number of carbonyl (C=O) groups is 1. The Balaban J connectivity index is 1.38. The summed E-state index contributed by atoms with van der Waals surface area (Å²) in [6, 6.07) is 4.28. The van der Waals surface area contributed by atoms with E-state index in [1.54, 1.807) is 17.3 Å². The fraction of sp³-hybridized carbons (Fsp3) is 0.577. The number of rotatable bonds is 4. The van der Waals surface area contributed by atoms with Gasteiger partial charge in [0.2, 0.25) is 5.95 Å². The van der Waals surface area contributed by atoms with Gasteiger partial charge in [0.25, 0.3) is 0 Å². The van der Waals surface area contributed by atoms with Gasteiger partial charge in [-0.25, -0.2) is 19.7 Å². The van der Waals surface area contributed by atoms with Crippen LogP contribution in [0.15, 0.2) is 24.5 Å². The lowest BCUT2D eigenvalue weighted by atomic mass is 10.1. The Hall–Kier alpha value is -3.19. The first-order valence-corrected chi connectivity index (χ1v) is 14.0. The van der Waals surface area contributed by atoms with Crippen LogP contribution in [0.25, 0.3) is 22.3 Å². The first kappa shape index (κ1) is 27.4. The smallest absolute Gasteiger partial charge is 0.410 e. The average molecular weight is 558 g/mol. The summed E-state index contributed by atoms with van der Waals surface area (Å²) in [6.07, 6.45) is 3.08. The molecule has 210 valence electrons. The minimum atomic E-state index is -0.531. The molecular weight excluding hydrogens is 521 g/mol. The Kier molecular flexibility index (Phi) is 7.55. The number of ether oxygens (including phenoxy) is 1. The third kappa shape index (κ3) is 5.60. The van der Waals surface area contributed by atoms with Gasteiger partial charge in [-0.15, -0.1) is 3.89 Å². The third-order valence-corrected chi connectivity index (χ3v) is 7.51. The second kappa shape index (κ2) is 10.8. The number of carbonyl (C=O) groups excluding carboxylic acids is 1. The maximum absolute atomic E-state index is 13.8. The molecule has 3 aromatic rings. The van der Waals surface area contributed by atoms with Gasteiger partial charge >= 0.3 is 6.09 Å². The summed E-state index contributed by atoms with van der Waals surface area (Å²) in [5.74, 6) is 1.41. The van der Waals surface area contributed by atoms with Gasteiger partial charge in [-0.3, -0.25) is 0 Å². The molecule has 39 heavy (non-hydrogen) atoms. The van der Waals surface area contributed by atoms with Gasteiger partial charge in [0.1, 0.15) is 28.1 Å². The molecule has 11 nitrogen and oxygen atoms in total. The van der Waals surface area contributed by atoms with Crippen LogP contribution in [0.2, 0.25) is 0 Å². The Bertz CT molecular complexity index is 1320. The fourth-order valence-corrected chi connectivity index (χ4v) is 5.56. The normalized spacial score (nSPS) is 22.4. The van der Waals surface area contributed by atoms with Gasteiger partial charge in [-0.2, -0.15) is 9.19 Å². The average Bonchev–Trinajstić information content (AvgIpc) is 3.25. The van der Waals surface area contributed by atoms with E-state index in [1.165, 1.54) is 4.09 Å². The van der Waals surface area contributed by atoms with Crippen molar-refractivity contribution in [2.24, 2.45) is 0 Å². The van der Waals surface area contributed by atoms with Crippen molar-refractivity contribution < 1.29 is 13.4 Å². The Labute approximate surface area is 232 Å². The van der Waals surface area contributed by atoms with Crippen molar-refractivity contribution in [3.8, 4) is 11.3 Å². The largest absolute Gasteiger partial charge is 0.444 e. The highest BCUT2D eigenvalue weighted by Gasteiger charge is 2.32. The van der Waals surface area contributed by atoms with E-state index >= 15 is 0 Å². The molecule has 3 aromatic heterocycles. The molecule has 0 spiro atoms. The minimum absolute atomic E-state index is 0.0190. The fourth-order valence-electron chi connectivity index (χ4n) is 5.24. The van der Waals surface area contributed by atoms with Crippen LogP contribution in [0, 0.1) is 0 Å². The quantitative estimate of drug-likeness (QED) is 0.508. The van der Waals surface area contributed by atoms with Crippen molar-refractivity contribution in [2.45, 2.75) is 65.3 Å². The molecule has 2 fully saturated rings. The number of anilines is 2. The highest BCUT2D eigenvalue weighted by atomic mass is 32.2. The number of nitrogens with zero attached hydrogens (tertiary/aromatic N) is 8. The van der Waals surface area contributed by atoms with Crippen LogP contribution in [0.1, 0.15) is 41.5 Å². The zero-order valence-electron chi connectivity index (χ0n) is 23.3. The summed E-state index contributed by atoms with van der Waals surface area (Å²) in [5.41, 5.74) is 1.85. The van der Waals surface area contributed by atoms with Crippen LogP contribution >= 0.6 is 12.3 Å². The van der Waals surface area contributed by atoms with Gasteiger partial charge in [0.05, 0.1) is 6.20 Å². The zero-order chi connectivity index (χ0) is 27.9. The highest BCUT2D eigenvalue weighted by Crippen LogP contribution is 2.31. The van der Waals surface area contributed by atoms with E-state index < -0.39 is 5.60 Å². The first-order valence-electron chi connectivity index (χ1n) is 13.3. The second-order valence-electron chi connectivity index (χ2n) is 11.3. The van der Waals surface area contributed by atoms with Gasteiger partial charge in [-0.1, -0.05) is 0 Å². The zero-order valence-corrected chi connectivity index (χ0v) is 24.1. The molecule has 0 radical (unpaired) electrons. The van der Waals surface area contributed by atoms with E-state index in [2.05, 4.69) is 39.0 Å². The van der Waals surface area contributed by atoms with E-state index in [0.29, 0.717) is 42.3 Å². The molecule has 0 aliphatic carbocycles. The molecule has 2 saturated heterocycles. The Morgan fingerprint density at radius 3 is 2.44 bits per heavy atom. The lowest BCUT2D eigenvalue weighted by molar-refractivity contribution is 0.0158. The standard InChI is InChI=1S/C26H36FN9O2S/c1-16-11-28-12-17(2)35(16)24-30-14-20-23(31-24)22(32-36(20)39-27)19-7-8-21(29-13-19)33-9-10-34(18(3)15-33)25(37)38-26(4,5)6/h7-8,13-14,16-18,28H,9-12,15H2,1-6H3. The number of piperazine rings is 2. The van der Waals surface area contributed by atoms with Crippen LogP contribution in [0.3, 0.4) is 0 Å². The molecule has 2 aliphatic rings. The van der Waals surface area contributed by atoms with Crippen molar-refractivity contribution >= 4 is 41.2 Å².